The molecular formula is C14H15N3O3S. The number of benzene rings is 1. The van der Waals surface area contributed by atoms with Gasteiger partial charge in [-0.15, -0.1) is 0 Å². The second kappa shape index (κ2) is 5.69. The van der Waals surface area contributed by atoms with Crippen molar-refractivity contribution in [1.82, 2.24) is 9.97 Å². The average molecular weight is 305 g/mol. The van der Waals surface area contributed by atoms with Gasteiger partial charge in [0, 0.05) is 23.1 Å². The fourth-order valence-electron chi connectivity index (χ4n) is 2.15. The molecule has 0 saturated heterocycles. The Kier molecular flexibility index (Phi) is 3.74. The maximum atomic E-state index is 12.0. The third-order valence-electron chi connectivity index (χ3n) is 3.25. The molecule has 1 aromatic heterocycles. The van der Waals surface area contributed by atoms with Crippen molar-refractivity contribution in [3.63, 3.8) is 0 Å². The zero-order valence-electron chi connectivity index (χ0n) is 11.7. The van der Waals surface area contributed by atoms with Gasteiger partial charge in [0.2, 0.25) is 5.95 Å². The lowest BCUT2D eigenvalue weighted by molar-refractivity contribution is 0.395. The Balaban J connectivity index is 1.94. The number of ether oxygens (including phenoxy) is 2. The highest BCUT2D eigenvalue weighted by Crippen LogP contribution is 2.31. The first-order valence-corrected chi connectivity index (χ1v) is 7.55. The van der Waals surface area contributed by atoms with Crippen molar-refractivity contribution >= 4 is 23.4 Å². The van der Waals surface area contributed by atoms with E-state index in [9.17, 15) is 4.79 Å². The standard InChI is InChI=1S/C14H15N3O3S/c1-19-8-3-4-10(12(5-8)20-2)15-14-16-11-7-21-6-9(11)13(18)17-14/h3-5H,6-7H2,1-2H3,(H2,15,16,17,18). The highest BCUT2D eigenvalue weighted by molar-refractivity contribution is 7.98. The molecule has 110 valence electrons. The van der Waals surface area contributed by atoms with Crippen LogP contribution in [0.1, 0.15) is 11.3 Å². The van der Waals surface area contributed by atoms with E-state index in [1.807, 2.05) is 12.1 Å². The molecule has 0 saturated carbocycles. The van der Waals surface area contributed by atoms with Gasteiger partial charge in [-0.3, -0.25) is 9.78 Å². The summed E-state index contributed by atoms with van der Waals surface area (Å²) in [5.74, 6) is 3.23. The zero-order valence-corrected chi connectivity index (χ0v) is 12.5. The van der Waals surface area contributed by atoms with Crippen LogP contribution in [0, 0.1) is 0 Å². The minimum Gasteiger partial charge on any atom is -0.497 e. The number of hydrogen-bond acceptors (Lipinski definition) is 6. The summed E-state index contributed by atoms with van der Waals surface area (Å²) in [5.41, 5.74) is 2.25. The van der Waals surface area contributed by atoms with Gasteiger partial charge in [0.15, 0.2) is 0 Å². The Morgan fingerprint density at radius 3 is 2.90 bits per heavy atom. The van der Waals surface area contributed by atoms with E-state index >= 15 is 0 Å². The molecule has 1 aromatic carbocycles. The normalized spacial score (nSPS) is 12.9. The Morgan fingerprint density at radius 2 is 2.14 bits per heavy atom. The minimum absolute atomic E-state index is 0.0834. The maximum Gasteiger partial charge on any atom is 0.256 e. The highest BCUT2D eigenvalue weighted by Gasteiger charge is 2.18. The van der Waals surface area contributed by atoms with Gasteiger partial charge >= 0.3 is 0 Å². The third-order valence-corrected chi connectivity index (χ3v) is 4.22. The number of aromatic amines is 1. The Morgan fingerprint density at radius 1 is 1.29 bits per heavy atom. The van der Waals surface area contributed by atoms with E-state index in [2.05, 4.69) is 15.3 Å². The van der Waals surface area contributed by atoms with Crippen LogP contribution in [0.5, 0.6) is 11.5 Å². The molecule has 0 fully saturated rings. The lowest BCUT2D eigenvalue weighted by Gasteiger charge is -2.12. The van der Waals surface area contributed by atoms with E-state index < -0.39 is 0 Å². The van der Waals surface area contributed by atoms with E-state index in [1.165, 1.54) is 0 Å². The fraction of sp³-hybridized carbons (Fsp3) is 0.286. The van der Waals surface area contributed by atoms with Crippen LogP contribution in [0.15, 0.2) is 23.0 Å². The fourth-order valence-corrected chi connectivity index (χ4v) is 3.19. The molecule has 0 aliphatic carbocycles. The number of anilines is 2. The smallest absolute Gasteiger partial charge is 0.256 e. The molecular weight excluding hydrogens is 290 g/mol. The molecule has 0 spiro atoms. The topological polar surface area (TPSA) is 76.2 Å². The lowest BCUT2D eigenvalue weighted by Crippen LogP contribution is -2.16. The van der Waals surface area contributed by atoms with Gasteiger partial charge in [-0.05, 0) is 12.1 Å². The number of fused-ring (bicyclic) bond motifs is 1. The van der Waals surface area contributed by atoms with Crippen molar-refractivity contribution in [3.05, 3.63) is 39.8 Å². The first kappa shape index (κ1) is 13.8. The molecule has 3 rings (SSSR count). The summed E-state index contributed by atoms with van der Waals surface area (Å²) in [5, 5.41) is 3.09. The predicted octanol–water partition coefficient (Wildman–Crippen LogP) is 2.28. The average Bonchev–Trinajstić information content (AvgIpc) is 2.96. The molecule has 0 bridgehead atoms. The summed E-state index contributed by atoms with van der Waals surface area (Å²) in [6, 6.07) is 5.40. The summed E-state index contributed by atoms with van der Waals surface area (Å²) < 4.78 is 10.5. The third kappa shape index (κ3) is 2.69. The molecule has 2 heterocycles. The predicted molar refractivity (Wildman–Crippen MR) is 82.7 cm³/mol. The van der Waals surface area contributed by atoms with Gasteiger partial charge in [-0.25, -0.2) is 4.98 Å². The lowest BCUT2D eigenvalue weighted by atomic mass is 10.2. The number of nitrogens with one attached hydrogen (secondary N) is 2. The first-order valence-electron chi connectivity index (χ1n) is 6.40. The number of methoxy groups -OCH3 is 2. The maximum absolute atomic E-state index is 12.0. The summed E-state index contributed by atoms with van der Waals surface area (Å²) in [6.45, 7) is 0. The number of H-pyrrole nitrogens is 1. The number of aromatic nitrogens is 2. The van der Waals surface area contributed by atoms with E-state index in [4.69, 9.17) is 9.47 Å². The van der Waals surface area contributed by atoms with Crippen molar-refractivity contribution in [3.8, 4) is 11.5 Å². The van der Waals surface area contributed by atoms with Crippen LogP contribution < -0.4 is 20.3 Å². The van der Waals surface area contributed by atoms with Gasteiger partial charge in [-0.1, -0.05) is 0 Å². The van der Waals surface area contributed by atoms with E-state index in [0.29, 0.717) is 23.1 Å². The zero-order chi connectivity index (χ0) is 14.8. The number of rotatable bonds is 4. The molecule has 0 atom stereocenters. The molecule has 7 heteroatoms. The summed E-state index contributed by atoms with van der Waals surface area (Å²) in [4.78, 5) is 19.2. The number of nitrogens with zero attached hydrogens (tertiary/aromatic N) is 1. The summed E-state index contributed by atoms with van der Waals surface area (Å²) >= 11 is 1.69. The molecule has 0 amide bonds. The SMILES string of the molecule is COc1ccc(Nc2nc3c(c(=O)[nH]2)CSC3)c(OC)c1. The van der Waals surface area contributed by atoms with Gasteiger partial charge in [-0.2, -0.15) is 11.8 Å². The Labute approximate surface area is 125 Å². The van der Waals surface area contributed by atoms with Crippen LogP contribution in [-0.4, -0.2) is 24.2 Å². The van der Waals surface area contributed by atoms with Crippen LogP contribution >= 0.6 is 11.8 Å². The number of thioether (sulfide) groups is 1. The van der Waals surface area contributed by atoms with E-state index in [1.54, 1.807) is 32.0 Å². The molecule has 1 aliphatic rings. The van der Waals surface area contributed by atoms with Crippen LogP contribution in [0.4, 0.5) is 11.6 Å². The van der Waals surface area contributed by atoms with Crippen LogP contribution in [0.3, 0.4) is 0 Å². The van der Waals surface area contributed by atoms with Crippen LogP contribution in [-0.2, 0) is 11.5 Å². The molecule has 6 nitrogen and oxygen atoms in total. The molecule has 0 unspecified atom stereocenters. The molecule has 0 radical (unpaired) electrons. The molecule has 1 aliphatic heterocycles. The molecule has 2 N–H and O–H groups in total. The Hall–Kier alpha value is -2.15. The summed E-state index contributed by atoms with van der Waals surface area (Å²) in [7, 11) is 3.18. The first-order chi connectivity index (χ1) is 10.2. The van der Waals surface area contributed by atoms with Crippen molar-refractivity contribution in [2.24, 2.45) is 0 Å². The number of hydrogen-bond donors (Lipinski definition) is 2. The van der Waals surface area contributed by atoms with E-state index in [0.717, 1.165) is 22.8 Å². The second-order valence-corrected chi connectivity index (χ2v) is 5.51. The molecule has 2 aromatic rings. The monoisotopic (exact) mass is 305 g/mol. The van der Waals surface area contributed by atoms with Crippen molar-refractivity contribution < 1.29 is 9.47 Å². The molecule has 21 heavy (non-hydrogen) atoms. The summed E-state index contributed by atoms with van der Waals surface area (Å²) in [6.07, 6.45) is 0. The van der Waals surface area contributed by atoms with Crippen molar-refractivity contribution in [1.29, 1.82) is 0 Å². The second-order valence-electron chi connectivity index (χ2n) is 4.52. The van der Waals surface area contributed by atoms with Gasteiger partial charge in [0.1, 0.15) is 11.5 Å². The van der Waals surface area contributed by atoms with E-state index in [-0.39, 0.29) is 5.56 Å². The Bertz CT molecular complexity index is 730. The van der Waals surface area contributed by atoms with Crippen molar-refractivity contribution in [2.45, 2.75) is 11.5 Å². The quantitative estimate of drug-likeness (QED) is 0.902. The van der Waals surface area contributed by atoms with Gasteiger partial charge in [0.25, 0.3) is 5.56 Å². The van der Waals surface area contributed by atoms with Gasteiger partial charge in [0.05, 0.1) is 25.6 Å². The van der Waals surface area contributed by atoms with Gasteiger partial charge < -0.3 is 14.8 Å². The highest BCUT2D eigenvalue weighted by atomic mass is 32.2. The largest absolute Gasteiger partial charge is 0.497 e. The van der Waals surface area contributed by atoms with Crippen LogP contribution in [0.2, 0.25) is 0 Å². The van der Waals surface area contributed by atoms with Crippen LogP contribution in [0.25, 0.3) is 0 Å². The minimum atomic E-state index is -0.0834. The van der Waals surface area contributed by atoms with Crippen molar-refractivity contribution in [2.75, 3.05) is 19.5 Å².